The summed E-state index contributed by atoms with van der Waals surface area (Å²) in [7, 11) is 0. The van der Waals surface area contributed by atoms with Crippen LogP contribution >= 0.6 is 0 Å². The number of nitrogens with zero attached hydrogens (tertiary/aromatic N) is 3. The predicted molar refractivity (Wildman–Crippen MR) is 63.4 cm³/mol. The summed E-state index contributed by atoms with van der Waals surface area (Å²) in [5.74, 6) is 0.671. The van der Waals surface area contributed by atoms with Crippen molar-refractivity contribution in [3.63, 3.8) is 0 Å². The highest BCUT2D eigenvalue weighted by molar-refractivity contribution is 5.80. The molecule has 1 amide bonds. The molecular formula is C11H15N5O. The van der Waals surface area contributed by atoms with Gasteiger partial charge in [-0.15, -0.1) is 10.2 Å². The Hall–Kier alpha value is -1.95. The smallest absolute Gasteiger partial charge is 0.236 e. The Balaban J connectivity index is 1.98. The number of carbonyl (C=O) groups excluding carboxylic acids is 1. The minimum atomic E-state index is -0.481. The highest BCUT2D eigenvalue weighted by atomic mass is 16.2. The normalized spacial score (nSPS) is 12.6. The van der Waals surface area contributed by atoms with Crippen molar-refractivity contribution in [2.75, 3.05) is 6.54 Å². The number of hydrogen-bond donors (Lipinski definition) is 2. The molecule has 0 saturated carbocycles. The molecule has 6 heteroatoms. The van der Waals surface area contributed by atoms with Gasteiger partial charge >= 0.3 is 0 Å². The first-order valence-electron chi connectivity index (χ1n) is 5.50. The monoisotopic (exact) mass is 233 g/mol. The van der Waals surface area contributed by atoms with E-state index in [0.29, 0.717) is 13.0 Å². The molecule has 0 spiro atoms. The Morgan fingerprint density at radius 1 is 1.53 bits per heavy atom. The molecule has 2 aromatic rings. The van der Waals surface area contributed by atoms with Gasteiger partial charge < -0.3 is 11.1 Å². The zero-order valence-electron chi connectivity index (χ0n) is 9.63. The lowest BCUT2D eigenvalue weighted by atomic mass is 10.3. The molecular weight excluding hydrogens is 218 g/mol. The third-order valence-corrected chi connectivity index (χ3v) is 2.45. The summed E-state index contributed by atoms with van der Waals surface area (Å²) in [5, 5.41) is 10.8. The number of carbonyl (C=O) groups is 1. The van der Waals surface area contributed by atoms with Crippen molar-refractivity contribution in [3.05, 3.63) is 30.2 Å². The Morgan fingerprint density at radius 2 is 2.35 bits per heavy atom. The first kappa shape index (κ1) is 11.5. The quantitative estimate of drug-likeness (QED) is 0.761. The van der Waals surface area contributed by atoms with Crippen LogP contribution in [0.4, 0.5) is 0 Å². The van der Waals surface area contributed by atoms with E-state index in [4.69, 9.17) is 5.73 Å². The van der Waals surface area contributed by atoms with Crippen LogP contribution in [0.3, 0.4) is 0 Å². The van der Waals surface area contributed by atoms with Gasteiger partial charge in [0.05, 0.1) is 6.04 Å². The standard InChI is InChI=1S/C11H15N5O/c1-8(12)11(17)13-6-5-10-15-14-9-4-2-3-7-16(9)10/h2-4,7-8H,5-6,12H2,1H3,(H,13,17). The van der Waals surface area contributed by atoms with Gasteiger partial charge in [0.25, 0.3) is 0 Å². The maximum atomic E-state index is 11.3. The Labute approximate surface area is 98.8 Å². The minimum absolute atomic E-state index is 0.154. The van der Waals surface area contributed by atoms with Crippen molar-refractivity contribution >= 4 is 11.6 Å². The van der Waals surface area contributed by atoms with Crippen LogP contribution in [0.5, 0.6) is 0 Å². The second kappa shape index (κ2) is 4.92. The van der Waals surface area contributed by atoms with E-state index in [0.717, 1.165) is 11.5 Å². The second-order valence-corrected chi connectivity index (χ2v) is 3.87. The third-order valence-electron chi connectivity index (χ3n) is 2.45. The van der Waals surface area contributed by atoms with E-state index in [9.17, 15) is 4.79 Å². The van der Waals surface area contributed by atoms with Crippen molar-refractivity contribution in [1.29, 1.82) is 0 Å². The van der Waals surface area contributed by atoms with Crippen LogP contribution < -0.4 is 11.1 Å². The molecule has 2 rings (SSSR count). The lowest BCUT2D eigenvalue weighted by Crippen LogP contribution is -2.39. The molecule has 1 atom stereocenters. The van der Waals surface area contributed by atoms with Crippen molar-refractivity contribution < 1.29 is 4.79 Å². The van der Waals surface area contributed by atoms with Crippen molar-refractivity contribution in [1.82, 2.24) is 19.9 Å². The lowest BCUT2D eigenvalue weighted by molar-refractivity contribution is -0.121. The summed E-state index contributed by atoms with van der Waals surface area (Å²) >= 11 is 0. The number of pyridine rings is 1. The predicted octanol–water partition coefficient (Wildman–Crippen LogP) is -0.265. The highest BCUT2D eigenvalue weighted by Crippen LogP contribution is 2.02. The molecule has 0 aliphatic heterocycles. The molecule has 0 aliphatic carbocycles. The van der Waals surface area contributed by atoms with E-state index < -0.39 is 6.04 Å². The number of nitrogens with one attached hydrogen (secondary N) is 1. The number of amides is 1. The van der Waals surface area contributed by atoms with E-state index in [1.165, 1.54) is 0 Å². The van der Waals surface area contributed by atoms with Gasteiger partial charge in [0, 0.05) is 19.2 Å². The summed E-state index contributed by atoms with van der Waals surface area (Å²) in [6.07, 6.45) is 2.53. The van der Waals surface area contributed by atoms with Gasteiger partial charge in [-0.25, -0.2) is 0 Å². The number of aromatic nitrogens is 3. The van der Waals surface area contributed by atoms with E-state index in [2.05, 4.69) is 15.5 Å². The second-order valence-electron chi connectivity index (χ2n) is 3.87. The molecule has 17 heavy (non-hydrogen) atoms. The molecule has 0 radical (unpaired) electrons. The SMILES string of the molecule is CC(N)C(=O)NCCc1nnc2ccccn12. The third kappa shape index (κ3) is 2.59. The fraction of sp³-hybridized carbons (Fsp3) is 0.364. The number of hydrogen-bond acceptors (Lipinski definition) is 4. The van der Waals surface area contributed by atoms with E-state index in [1.54, 1.807) is 6.92 Å². The summed E-state index contributed by atoms with van der Waals surface area (Å²) < 4.78 is 1.90. The van der Waals surface area contributed by atoms with Crippen LogP contribution in [0.1, 0.15) is 12.7 Å². The number of rotatable bonds is 4. The van der Waals surface area contributed by atoms with Crippen molar-refractivity contribution in [3.8, 4) is 0 Å². The van der Waals surface area contributed by atoms with Crippen LogP contribution in [0, 0.1) is 0 Å². The Kier molecular flexibility index (Phi) is 3.34. The summed E-state index contributed by atoms with van der Waals surface area (Å²) in [6.45, 7) is 2.16. The van der Waals surface area contributed by atoms with Crippen molar-refractivity contribution in [2.45, 2.75) is 19.4 Å². The van der Waals surface area contributed by atoms with Crippen LogP contribution in [0.25, 0.3) is 5.65 Å². The lowest BCUT2D eigenvalue weighted by Gasteiger charge is -2.06. The Morgan fingerprint density at radius 3 is 3.12 bits per heavy atom. The first-order chi connectivity index (χ1) is 8.18. The minimum Gasteiger partial charge on any atom is -0.354 e. The summed E-state index contributed by atoms with van der Waals surface area (Å²) in [4.78, 5) is 11.3. The Bertz CT molecular complexity index is 519. The molecule has 6 nitrogen and oxygen atoms in total. The van der Waals surface area contributed by atoms with Crippen LogP contribution in [-0.4, -0.2) is 33.1 Å². The zero-order chi connectivity index (χ0) is 12.3. The van der Waals surface area contributed by atoms with Crippen LogP contribution in [-0.2, 0) is 11.2 Å². The molecule has 0 aromatic carbocycles. The molecule has 2 heterocycles. The molecule has 0 bridgehead atoms. The molecule has 2 aromatic heterocycles. The molecule has 0 fully saturated rings. The molecule has 0 saturated heterocycles. The topological polar surface area (TPSA) is 85.3 Å². The van der Waals surface area contributed by atoms with E-state index in [1.807, 2.05) is 28.8 Å². The van der Waals surface area contributed by atoms with Gasteiger partial charge in [-0.1, -0.05) is 6.07 Å². The van der Waals surface area contributed by atoms with E-state index in [-0.39, 0.29) is 5.91 Å². The maximum absolute atomic E-state index is 11.3. The maximum Gasteiger partial charge on any atom is 0.236 e. The van der Waals surface area contributed by atoms with Gasteiger partial charge in [-0.05, 0) is 19.1 Å². The van der Waals surface area contributed by atoms with Crippen LogP contribution in [0.2, 0.25) is 0 Å². The molecule has 0 aliphatic rings. The average Bonchev–Trinajstić information content (AvgIpc) is 2.72. The van der Waals surface area contributed by atoms with Gasteiger partial charge in [-0.2, -0.15) is 0 Å². The summed E-state index contributed by atoms with van der Waals surface area (Å²) in [6, 6.07) is 5.23. The van der Waals surface area contributed by atoms with Gasteiger partial charge in [0.1, 0.15) is 5.82 Å². The molecule has 90 valence electrons. The first-order valence-corrected chi connectivity index (χ1v) is 5.50. The zero-order valence-corrected chi connectivity index (χ0v) is 9.63. The highest BCUT2D eigenvalue weighted by Gasteiger charge is 2.08. The van der Waals surface area contributed by atoms with Gasteiger partial charge in [-0.3, -0.25) is 9.20 Å². The molecule has 1 unspecified atom stereocenters. The van der Waals surface area contributed by atoms with E-state index >= 15 is 0 Å². The largest absolute Gasteiger partial charge is 0.354 e. The summed E-state index contributed by atoms with van der Waals surface area (Å²) in [5.41, 5.74) is 6.25. The van der Waals surface area contributed by atoms with Gasteiger partial charge in [0.15, 0.2) is 5.65 Å². The van der Waals surface area contributed by atoms with Crippen molar-refractivity contribution in [2.24, 2.45) is 5.73 Å². The molecule has 3 N–H and O–H groups in total. The number of fused-ring (bicyclic) bond motifs is 1. The fourth-order valence-electron chi connectivity index (χ4n) is 1.52. The fourth-order valence-corrected chi connectivity index (χ4v) is 1.52. The van der Waals surface area contributed by atoms with Gasteiger partial charge in [0.2, 0.25) is 5.91 Å². The average molecular weight is 233 g/mol. The number of nitrogens with two attached hydrogens (primary N) is 1. The van der Waals surface area contributed by atoms with Crippen LogP contribution in [0.15, 0.2) is 24.4 Å².